The fraction of sp³-hybridized carbons (Fsp3) is 0.500. The minimum atomic E-state index is -0.838. The molecule has 106 valence electrons. The first kappa shape index (κ1) is 16.3. The molecule has 0 aliphatic rings. The average molecular weight is 348 g/mol. The van der Waals surface area contributed by atoms with Gasteiger partial charge in [0.2, 0.25) is 0 Å². The van der Waals surface area contributed by atoms with Crippen LogP contribution in [0.4, 0.5) is 5.69 Å². The topological polar surface area (TPSA) is 67.2 Å². The van der Waals surface area contributed by atoms with E-state index in [4.69, 9.17) is 0 Å². The molecule has 0 aliphatic carbocycles. The Balaban J connectivity index is 2.83. The Morgan fingerprint density at radius 2 is 2.42 bits per heavy atom. The number of rotatable bonds is 7. The average Bonchev–Trinajstić information content (AvgIpc) is 2.34. The Morgan fingerprint density at radius 1 is 1.74 bits per heavy atom. The highest BCUT2D eigenvalue weighted by molar-refractivity contribution is 9.10. The maximum atomic E-state index is 11.9. The van der Waals surface area contributed by atoms with Crippen molar-refractivity contribution in [2.24, 2.45) is 0 Å². The molecule has 0 bridgehead atoms. The molecule has 0 amide bonds. The van der Waals surface area contributed by atoms with E-state index >= 15 is 0 Å². The zero-order valence-electron chi connectivity index (χ0n) is 11.0. The van der Waals surface area contributed by atoms with Crippen LogP contribution in [0.1, 0.15) is 6.92 Å². The lowest BCUT2D eigenvalue weighted by Crippen LogP contribution is -2.36. The number of hydrogen-bond donors (Lipinski definition) is 2. The molecule has 2 N–H and O–H groups in total. The van der Waals surface area contributed by atoms with E-state index in [2.05, 4.69) is 32.9 Å². The van der Waals surface area contributed by atoms with Gasteiger partial charge in [-0.05, 0) is 29.1 Å². The summed E-state index contributed by atoms with van der Waals surface area (Å²) in [5.41, 5.74) is -0.490. The third-order valence-corrected chi connectivity index (χ3v) is 4.08. The number of thioether (sulfide) groups is 1. The van der Waals surface area contributed by atoms with Crippen LogP contribution in [0.3, 0.4) is 0 Å². The molecule has 5 nitrogen and oxygen atoms in total. The third-order valence-electron chi connectivity index (χ3n) is 2.40. The molecule has 1 atom stereocenters. The highest BCUT2D eigenvalue weighted by Crippen LogP contribution is 2.18. The molecule has 1 heterocycles. The van der Waals surface area contributed by atoms with Crippen LogP contribution in [0.15, 0.2) is 28.1 Å². The van der Waals surface area contributed by atoms with Crippen LogP contribution < -0.4 is 10.9 Å². The van der Waals surface area contributed by atoms with E-state index in [0.717, 1.165) is 0 Å². The highest BCUT2D eigenvalue weighted by Gasteiger charge is 2.20. The summed E-state index contributed by atoms with van der Waals surface area (Å²) < 4.78 is 1.71. The molecule has 0 radical (unpaired) electrons. The molecule has 0 aromatic carbocycles. The number of nitrogens with one attached hydrogen (secondary N) is 1. The van der Waals surface area contributed by atoms with Crippen LogP contribution in [0.5, 0.6) is 0 Å². The second kappa shape index (κ2) is 7.12. The van der Waals surface area contributed by atoms with Crippen LogP contribution in [-0.4, -0.2) is 39.0 Å². The lowest BCUT2D eigenvalue weighted by Gasteiger charge is -2.23. The summed E-state index contributed by atoms with van der Waals surface area (Å²) in [6.07, 6.45) is 5.10. The van der Waals surface area contributed by atoms with Gasteiger partial charge in [0.15, 0.2) is 0 Å². The molecule has 0 saturated heterocycles. The van der Waals surface area contributed by atoms with E-state index in [1.54, 1.807) is 31.0 Å². The number of anilines is 1. The van der Waals surface area contributed by atoms with Gasteiger partial charge < -0.3 is 10.4 Å². The van der Waals surface area contributed by atoms with Gasteiger partial charge in [-0.1, -0.05) is 6.08 Å². The van der Waals surface area contributed by atoms with Crippen molar-refractivity contribution in [1.29, 1.82) is 0 Å². The molecule has 7 heteroatoms. The summed E-state index contributed by atoms with van der Waals surface area (Å²) >= 11 is 4.82. The number of allylic oxidation sites excluding steroid dienone is 1. The molecular weight excluding hydrogens is 330 g/mol. The molecule has 0 fully saturated rings. The molecular formula is C12H18BrN3O2S. The molecule has 1 aromatic rings. The fourth-order valence-electron chi connectivity index (χ4n) is 1.49. The maximum Gasteiger partial charge on any atom is 0.283 e. The Hall–Kier alpha value is -0.790. The van der Waals surface area contributed by atoms with Gasteiger partial charge in [-0.3, -0.25) is 4.79 Å². The Morgan fingerprint density at radius 3 is 3.00 bits per heavy atom. The van der Waals surface area contributed by atoms with Gasteiger partial charge in [0.25, 0.3) is 5.56 Å². The van der Waals surface area contributed by atoms with Crippen molar-refractivity contribution in [1.82, 2.24) is 9.78 Å². The van der Waals surface area contributed by atoms with Crippen molar-refractivity contribution in [3.05, 3.63) is 33.7 Å². The first-order valence-electron chi connectivity index (χ1n) is 5.73. The van der Waals surface area contributed by atoms with Gasteiger partial charge in [0.1, 0.15) is 4.47 Å². The lowest BCUT2D eigenvalue weighted by molar-refractivity contribution is 0.0997. The predicted molar refractivity (Wildman–Crippen MR) is 83.9 cm³/mol. The van der Waals surface area contributed by atoms with Crippen LogP contribution in [0.25, 0.3) is 0 Å². The smallest absolute Gasteiger partial charge is 0.283 e. The first-order valence-corrected chi connectivity index (χ1v) is 7.91. The number of hydrogen-bond acceptors (Lipinski definition) is 5. The van der Waals surface area contributed by atoms with Crippen LogP contribution in [-0.2, 0) is 6.54 Å². The van der Waals surface area contributed by atoms with Crippen molar-refractivity contribution in [3.63, 3.8) is 0 Å². The molecule has 19 heavy (non-hydrogen) atoms. The SMILES string of the molecule is C=CCn1ncc(NCC(C)(O)CSC)c(Br)c1=O. The van der Waals surface area contributed by atoms with Gasteiger partial charge in [0, 0.05) is 12.3 Å². The minimum Gasteiger partial charge on any atom is -0.387 e. The van der Waals surface area contributed by atoms with Gasteiger partial charge in [-0.2, -0.15) is 16.9 Å². The molecule has 1 rings (SSSR count). The minimum absolute atomic E-state index is 0.227. The summed E-state index contributed by atoms with van der Waals surface area (Å²) in [7, 11) is 0. The summed E-state index contributed by atoms with van der Waals surface area (Å²) in [4.78, 5) is 11.9. The second-order valence-electron chi connectivity index (χ2n) is 4.43. The van der Waals surface area contributed by atoms with Crippen LogP contribution in [0, 0.1) is 0 Å². The summed E-state index contributed by atoms with van der Waals surface area (Å²) in [6, 6.07) is 0. The zero-order chi connectivity index (χ0) is 14.5. The molecule has 1 aromatic heterocycles. The zero-order valence-corrected chi connectivity index (χ0v) is 13.4. The Bertz CT molecular complexity index is 502. The predicted octanol–water partition coefficient (Wildman–Crippen LogP) is 1.72. The Labute approximate surface area is 125 Å². The number of nitrogens with zero attached hydrogens (tertiary/aromatic N) is 2. The third kappa shape index (κ3) is 4.67. The molecule has 0 aliphatic heterocycles. The van der Waals surface area contributed by atoms with E-state index in [9.17, 15) is 9.90 Å². The number of aliphatic hydroxyl groups is 1. The highest BCUT2D eigenvalue weighted by atomic mass is 79.9. The summed E-state index contributed by atoms with van der Waals surface area (Å²) in [6.45, 7) is 6.03. The van der Waals surface area contributed by atoms with Crippen LogP contribution in [0.2, 0.25) is 0 Å². The van der Waals surface area contributed by atoms with Gasteiger partial charge in [0.05, 0.1) is 24.0 Å². The van der Waals surface area contributed by atoms with E-state index in [1.165, 1.54) is 4.68 Å². The van der Waals surface area contributed by atoms with Crippen molar-refractivity contribution in [2.75, 3.05) is 23.9 Å². The maximum absolute atomic E-state index is 11.9. The quantitative estimate of drug-likeness (QED) is 0.735. The lowest BCUT2D eigenvalue weighted by atomic mass is 10.1. The monoisotopic (exact) mass is 347 g/mol. The number of halogens is 1. The van der Waals surface area contributed by atoms with E-state index in [0.29, 0.717) is 29.0 Å². The van der Waals surface area contributed by atoms with Crippen LogP contribution >= 0.6 is 27.7 Å². The standard InChI is InChI=1S/C12H18BrN3O2S/c1-4-5-16-11(17)10(13)9(6-15-16)14-7-12(2,18)8-19-3/h4,6,14,18H,1,5,7-8H2,2-3H3. The fourth-order valence-corrected chi connectivity index (χ4v) is 2.66. The Kier molecular flexibility index (Phi) is 6.09. The van der Waals surface area contributed by atoms with Gasteiger partial charge in [-0.25, -0.2) is 4.68 Å². The van der Waals surface area contributed by atoms with Crippen molar-refractivity contribution in [3.8, 4) is 0 Å². The van der Waals surface area contributed by atoms with Gasteiger partial charge in [-0.15, -0.1) is 6.58 Å². The molecule has 0 saturated carbocycles. The number of aromatic nitrogens is 2. The van der Waals surface area contributed by atoms with Crippen molar-refractivity contribution < 1.29 is 5.11 Å². The van der Waals surface area contributed by atoms with E-state index in [-0.39, 0.29) is 5.56 Å². The normalized spacial score (nSPS) is 13.9. The molecule has 1 unspecified atom stereocenters. The molecule has 0 spiro atoms. The largest absolute Gasteiger partial charge is 0.387 e. The summed E-state index contributed by atoms with van der Waals surface area (Å²) in [5, 5.41) is 17.1. The van der Waals surface area contributed by atoms with E-state index in [1.807, 2.05) is 6.26 Å². The van der Waals surface area contributed by atoms with Crippen molar-refractivity contribution in [2.45, 2.75) is 19.1 Å². The second-order valence-corrected chi connectivity index (χ2v) is 6.09. The van der Waals surface area contributed by atoms with Gasteiger partial charge >= 0.3 is 0 Å². The summed E-state index contributed by atoms with van der Waals surface area (Å²) in [5.74, 6) is 0.610. The van der Waals surface area contributed by atoms with Crippen molar-refractivity contribution >= 4 is 33.4 Å². The van der Waals surface area contributed by atoms with E-state index < -0.39 is 5.60 Å². The first-order chi connectivity index (χ1) is 8.91.